The summed E-state index contributed by atoms with van der Waals surface area (Å²) in [5.74, 6) is 0.303. The molecular formula is C30H37F3N6O3. The molecule has 3 N–H and O–H groups in total. The molecule has 0 unspecified atom stereocenters. The molecule has 0 saturated carbocycles. The molecule has 226 valence electrons. The molecule has 0 amide bonds. The largest absolute Gasteiger partial charge is 0.480 e. The zero-order valence-corrected chi connectivity index (χ0v) is 23.4. The summed E-state index contributed by atoms with van der Waals surface area (Å²) in [5, 5.41) is 16.3. The number of carboxylic acid groups (broad SMARTS) is 1. The van der Waals surface area contributed by atoms with Crippen LogP contribution in [-0.4, -0.2) is 82.5 Å². The van der Waals surface area contributed by atoms with Crippen LogP contribution in [-0.2, 0) is 22.4 Å². The van der Waals surface area contributed by atoms with Gasteiger partial charge >= 0.3 is 12.1 Å². The average molecular weight is 587 g/mol. The molecule has 42 heavy (non-hydrogen) atoms. The Balaban J connectivity index is 1.33. The lowest BCUT2D eigenvalue weighted by Gasteiger charge is -2.25. The van der Waals surface area contributed by atoms with Gasteiger partial charge in [0.05, 0.1) is 6.61 Å². The number of aliphatic carboxylic acids is 1. The maximum Gasteiger partial charge on any atom is 0.411 e. The number of benzene rings is 1. The Morgan fingerprint density at radius 1 is 1.12 bits per heavy atom. The summed E-state index contributed by atoms with van der Waals surface area (Å²) in [6, 6.07) is 12.6. The molecule has 1 aromatic carbocycles. The van der Waals surface area contributed by atoms with Gasteiger partial charge in [0.15, 0.2) is 0 Å². The van der Waals surface area contributed by atoms with Crippen molar-refractivity contribution in [3.63, 3.8) is 0 Å². The van der Waals surface area contributed by atoms with E-state index >= 15 is 0 Å². The van der Waals surface area contributed by atoms with Gasteiger partial charge in [-0.05, 0) is 62.3 Å². The van der Waals surface area contributed by atoms with Gasteiger partial charge in [0.2, 0.25) is 0 Å². The number of hydrogen-bond acceptors (Lipinski definition) is 8. The van der Waals surface area contributed by atoms with Crippen LogP contribution in [0.15, 0.2) is 55.0 Å². The fourth-order valence-corrected chi connectivity index (χ4v) is 4.87. The second-order valence-corrected chi connectivity index (χ2v) is 10.3. The van der Waals surface area contributed by atoms with Crippen molar-refractivity contribution in [1.82, 2.24) is 19.9 Å². The predicted octanol–water partition coefficient (Wildman–Crippen LogP) is 5.06. The van der Waals surface area contributed by atoms with Crippen LogP contribution in [0.1, 0.15) is 36.9 Å². The van der Waals surface area contributed by atoms with Crippen LogP contribution >= 0.6 is 0 Å². The molecule has 1 aliphatic rings. The van der Waals surface area contributed by atoms with Crippen molar-refractivity contribution in [3.8, 4) is 11.1 Å². The first-order chi connectivity index (χ1) is 20.3. The highest BCUT2D eigenvalue weighted by molar-refractivity contribution is 5.81. The third-order valence-electron chi connectivity index (χ3n) is 7.07. The molecule has 1 atom stereocenters. The minimum atomic E-state index is -4.39. The van der Waals surface area contributed by atoms with Crippen LogP contribution in [0, 0.1) is 0 Å². The van der Waals surface area contributed by atoms with E-state index in [1.807, 2.05) is 35.2 Å². The number of aryl methyl sites for hydroxylation is 2. The lowest BCUT2D eigenvalue weighted by Crippen LogP contribution is -2.37. The summed E-state index contributed by atoms with van der Waals surface area (Å²) in [5.41, 5.74) is 3.75. The maximum atomic E-state index is 12.6. The zero-order valence-electron chi connectivity index (χ0n) is 23.4. The number of alkyl halides is 3. The molecule has 3 aromatic rings. The third kappa shape index (κ3) is 9.95. The van der Waals surface area contributed by atoms with Crippen molar-refractivity contribution in [2.24, 2.45) is 0 Å². The highest BCUT2D eigenvalue weighted by Crippen LogP contribution is 2.26. The number of carboxylic acids is 1. The van der Waals surface area contributed by atoms with Gasteiger partial charge in [-0.1, -0.05) is 36.4 Å². The number of halogens is 3. The number of ether oxygens (including phenoxy) is 1. The first-order valence-electron chi connectivity index (χ1n) is 14.2. The second kappa shape index (κ2) is 15.5. The number of pyridine rings is 1. The topological polar surface area (TPSA) is 112 Å². The quantitative estimate of drug-likeness (QED) is 0.198. The molecule has 9 nitrogen and oxygen atoms in total. The van der Waals surface area contributed by atoms with Crippen molar-refractivity contribution in [2.45, 2.75) is 50.7 Å². The standard InChI is InChI=1S/C30H37F3N6O3/c31-30(32,33)20-42-18-17-39(15-5-4-10-24-12-11-23-9-6-14-35-27(23)37-24)16-13-26(29(40)41)38-28-25(19-34-21-36-28)22-7-2-1-3-8-22/h1-3,7-8,11-12,19,21,26H,4-6,9-10,13-18,20H2,(H,35,37)(H,40,41)(H,34,36,38)/t26-/m0/s1. The Morgan fingerprint density at radius 2 is 1.95 bits per heavy atom. The molecule has 0 bridgehead atoms. The number of anilines is 2. The first-order valence-corrected chi connectivity index (χ1v) is 14.2. The van der Waals surface area contributed by atoms with E-state index in [9.17, 15) is 23.1 Å². The fourth-order valence-electron chi connectivity index (χ4n) is 4.87. The van der Waals surface area contributed by atoms with Crippen LogP contribution in [0.4, 0.5) is 24.8 Å². The molecule has 4 rings (SSSR count). The van der Waals surface area contributed by atoms with Crippen molar-refractivity contribution in [2.75, 3.05) is 50.0 Å². The summed E-state index contributed by atoms with van der Waals surface area (Å²) >= 11 is 0. The van der Waals surface area contributed by atoms with Crippen LogP contribution in [0.25, 0.3) is 11.1 Å². The van der Waals surface area contributed by atoms with Gasteiger partial charge in [-0.15, -0.1) is 0 Å². The van der Waals surface area contributed by atoms with E-state index in [1.165, 1.54) is 11.9 Å². The zero-order chi connectivity index (χ0) is 29.8. The van der Waals surface area contributed by atoms with E-state index in [-0.39, 0.29) is 19.6 Å². The summed E-state index contributed by atoms with van der Waals surface area (Å²) in [6.45, 7) is 0.707. The Morgan fingerprint density at radius 3 is 2.74 bits per heavy atom. The van der Waals surface area contributed by atoms with Gasteiger partial charge in [-0.3, -0.25) is 0 Å². The minimum Gasteiger partial charge on any atom is -0.480 e. The Hall–Kier alpha value is -3.77. The molecule has 0 spiro atoms. The van der Waals surface area contributed by atoms with E-state index in [0.29, 0.717) is 24.5 Å². The number of hydrogen-bond donors (Lipinski definition) is 3. The molecule has 0 fully saturated rings. The maximum absolute atomic E-state index is 12.6. The van der Waals surface area contributed by atoms with Crippen LogP contribution in [0.5, 0.6) is 0 Å². The molecule has 0 radical (unpaired) electrons. The normalized spacial score (nSPS) is 13.8. The fraction of sp³-hybridized carbons (Fsp3) is 0.467. The number of nitrogens with zero attached hydrogens (tertiary/aromatic N) is 4. The Bertz CT molecular complexity index is 1280. The molecule has 1 aliphatic heterocycles. The number of fused-ring (bicyclic) bond motifs is 1. The van der Waals surface area contributed by atoms with E-state index in [4.69, 9.17) is 9.72 Å². The Labute approximate surface area is 243 Å². The highest BCUT2D eigenvalue weighted by Gasteiger charge is 2.27. The van der Waals surface area contributed by atoms with Gasteiger partial charge < -0.3 is 25.4 Å². The molecule has 3 heterocycles. The lowest BCUT2D eigenvalue weighted by atomic mass is 10.1. The molecule has 12 heteroatoms. The Kier molecular flexibility index (Phi) is 11.5. The molecular weight excluding hydrogens is 549 g/mol. The molecule has 0 saturated heterocycles. The van der Waals surface area contributed by atoms with Crippen molar-refractivity contribution in [1.29, 1.82) is 0 Å². The van der Waals surface area contributed by atoms with Crippen LogP contribution < -0.4 is 10.6 Å². The third-order valence-corrected chi connectivity index (χ3v) is 7.07. The van der Waals surface area contributed by atoms with Crippen molar-refractivity contribution >= 4 is 17.6 Å². The number of unbranched alkanes of at least 4 members (excludes halogenated alkanes) is 1. The van der Waals surface area contributed by atoms with E-state index in [0.717, 1.165) is 55.7 Å². The van der Waals surface area contributed by atoms with Crippen LogP contribution in [0.2, 0.25) is 0 Å². The van der Waals surface area contributed by atoms with Crippen LogP contribution in [0.3, 0.4) is 0 Å². The number of carbonyl (C=O) groups is 1. The lowest BCUT2D eigenvalue weighted by molar-refractivity contribution is -0.174. The van der Waals surface area contributed by atoms with Gasteiger partial charge in [0, 0.05) is 37.1 Å². The van der Waals surface area contributed by atoms with Gasteiger partial charge in [-0.25, -0.2) is 19.7 Å². The summed E-state index contributed by atoms with van der Waals surface area (Å²) in [6.07, 6.45) is 3.32. The van der Waals surface area contributed by atoms with E-state index in [1.54, 1.807) is 6.20 Å². The highest BCUT2D eigenvalue weighted by atomic mass is 19.4. The summed E-state index contributed by atoms with van der Waals surface area (Å²) < 4.78 is 42.5. The van der Waals surface area contributed by atoms with Crippen molar-refractivity contribution < 1.29 is 27.8 Å². The average Bonchev–Trinajstić information content (AvgIpc) is 2.99. The molecule has 0 aliphatic carbocycles. The monoisotopic (exact) mass is 586 g/mol. The van der Waals surface area contributed by atoms with Crippen molar-refractivity contribution in [3.05, 3.63) is 66.2 Å². The second-order valence-electron chi connectivity index (χ2n) is 10.3. The predicted molar refractivity (Wildman–Crippen MR) is 154 cm³/mol. The summed E-state index contributed by atoms with van der Waals surface area (Å²) in [4.78, 5) is 27.2. The SMILES string of the molecule is O=C(O)[C@H](CCN(CCCCc1ccc2c(n1)NCCC2)CCOCC(F)(F)F)Nc1ncncc1-c1ccccc1. The minimum absolute atomic E-state index is 0.104. The van der Waals surface area contributed by atoms with E-state index < -0.39 is 24.8 Å². The summed E-state index contributed by atoms with van der Waals surface area (Å²) in [7, 11) is 0. The number of nitrogens with one attached hydrogen (secondary N) is 2. The first kappa shape index (κ1) is 31.2. The molecule has 2 aromatic heterocycles. The number of aromatic nitrogens is 3. The smallest absolute Gasteiger partial charge is 0.411 e. The van der Waals surface area contributed by atoms with Gasteiger partial charge in [0.1, 0.15) is 30.6 Å². The number of rotatable bonds is 16. The van der Waals surface area contributed by atoms with E-state index in [2.05, 4.69) is 32.7 Å². The van der Waals surface area contributed by atoms with Gasteiger partial charge in [0.25, 0.3) is 0 Å². The van der Waals surface area contributed by atoms with Gasteiger partial charge in [-0.2, -0.15) is 13.2 Å².